The first-order chi connectivity index (χ1) is 9.37. The van der Waals surface area contributed by atoms with Gasteiger partial charge in [0.2, 0.25) is 10.0 Å². The van der Waals surface area contributed by atoms with Gasteiger partial charge in [-0.05, 0) is 24.3 Å². The summed E-state index contributed by atoms with van der Waals surface area (Å²) < 4.78 is 40.9. The highest BCUT2D eigenvalue weighted by atomic mass is 79.9. The molecule has 1 aliphatic rings. The molecule has 1 N–H and O–H groups in total. The molecule has 8 heteroatoms. The van der Waals surface area contributed by atoms with Crippen LogP contribution in [0.4, 0.5) is 4.39 Å². The number of sulfonamides is 1. The highest BCUT2D eigenvalue weighted by Gasteiger charge is 2.33. The van der Waals surface area contributed by atoms with E-state index in [2.05, 4.69) is 15.9 Å². The Morgan fingerprint density at radius 3 is 2.80 bits per heavy atom. The summed E-state index contributed by atoms with van der Waals surface area (Å²) in [5.74, 6) is 0.749. The zero-order valence-corrected chi connectivity index (χ0v) is 14.1. The summed E-state index contributed by atoms with van der Waals surface area (Å²) in [6.07, 6.45) is 0.767. The molecule has 1 aromatic rings. The van der Waals surface area contributed by atoms with Gasteiger partial charge in [-0.15, -0.1) is 0 Å². The van der Waals surface area contributed by atoms with E-state index >= 15 is 0 Å². The molecule has 1 aliphatic heterocycles. The van der Waals surface area contributed by atoms with Crippen LogP contribution >= 0.6 is 27.7 Å². The maximum absolute atomic E-state index is 14.2. The second kappa shape index (κ2) is 6.31. The molecule has 20 heavy (non-hydrogen) atoms. The highest BCUT2D eigenvalue weighted by Crippen LogP contribution is 2.30. The molecule has 0 amide bonds. The van der Waals surface area contributed by atoms with Crippen molar-refractivity contribution < 1.29 is 17.9 Å². The fourth-order valence-corrected chi connectivity index (χ4v) is 5.62. The Bertz CT molecular complexity index is 603. The number of halogens is 2. The molecule has 1 unspecified atom stereocenters. The molecule has 0 bridgehead atoms. The van der Waals surface area contributed by atoms with Crippen molar-refractivity contribution in [1.82, 2.24) is 4.31 Å². The van der Waals surface area contributed by atoms with E-state index in [1.165, 1.54) is 23.5 Å². The smallest absolute Gasteiger partial charge is 0.246 e. The lowest BCUT2D eigenvalue weighted by atomic mass is 10.2. The van der Waals surface area contributed by atoms with Crippen molar-refractivity contribution in [3.8, 4) is 0 Å². The van der Waals surface area contributed by atoms with Crippen LogP contribution in [-0.2, 0) is 16.6 Å². The van der Waals surface area contributed by atoms with Crippen LogP contribution in [0.1, 0.15) is 12.0 Å². The predicted octanol–water partition coefficient (Wildman–Crippen LogP) is 2.21. The van der Waals surface area contributed by atoms with Crippen LogP contribution in [0.3, 0.4) is 0 Å². The summed E-state index contributed by atoms with van der Waals surface area (Å²) in [6, 6.07) is 2.50. The minimum atomic E-state index is -3.90. The van der Waals surface area contributed by atoms with Gasteiger partial charge < -0.3 is 5.11 Å². The number of hydrogen-bond donors (Lipinski definition) is 1. The van der Waals surface area contributed by atoms with Gasteiger partial charge in [-0.25, -0.2) is 12.8 Å². The Hall–Kier alpha value is -0.150. The number of hydrogen-bond acceptors (Lipinski definition) is 4. The van der Waals surface area contributed by atoms with E-state index in [1.54, 1.807) is 11.8 Å². The first-order valence-corrected chi connectivity index (χ1v) is 9.41. The predicted molar refractivity (Wildman–Crippen MR) is 80.7 cm³/mol. The summed E-state index contributed by atoms with van der Waals surface area (Å²) in [7, 11) is -2.43. The van der Waals surface area contributed by atoms with Crippen molar-refractivity contribution in [3.05, 3.63) is 28.0 Å². The average molecular weight is 384 g/mol. The third-order valence-electron chi connectivity index (χ3n) is 3.33. The molecule has 1 atom stereocenters. The van der Waals surface area contributed by atoms with Crippen LogP contribution in [0.15, 0.2) is 21.5 Å². The van der Waals surface area contributed by atoms with Crippen molar-refractivity contribution in [2.75, 3.05) is 18.6 Å². The topological polar surface area (TPSA) is 57.6 Å². The molecular formula is C12H15BrFNO3S2. The zero-order chi connectivity index (χ0) is 14.9. The monoisotopic (exact) mass is 383 g/mol. The lowest BCUT2D eigenvalue weighted by Gasteiger charge is -2.23. The molecule has 4 nitrogen and oxygen atoms in total. The van der Waals surface area contributed by atoms with Gasteiger partial charge in [0.25, 0.3) is 0 Å². The lowest BCUT2D eigenvalue weighted by molar-refractivity contribution is 0.274. The molecule has 0 spiro atoms. The normalized spacial score (nSPS) is 19.8. The first kappa shape index (κ1) is 16.2. The molecule has 0 radical (unpaired) electrons. The molecule has 0 saturated carbocycles. The van der Waals surface area contributed by atoms with Crippen molar-refractivity contribution in [2.45, 2.75) is 24.0 Å². The summed E-state index contributed by atoms with van der Waals surface area (Å²) >= 11 is 4.84. The maximum atomic E-state index is 14.2. The molecule has 2 rings (SSSR count). The van der Waals surface area contributed by atoms with E-state index in [0.717, 1.165) is 17.9 Å². The number of thioether (sulfide) groups is 1. The number of aliphatic hydroxyl groups is 1. The zero-order valence-electron chi connectivity index (χ0n) is 10.8. The van der Waals surface area contributed by atoms with E-state index in [9.17, 15) is 12.8 Å². The fraction of sp³-hybridized carbons (Fsp3) is 0.500. The Morgan fingerprint density at radius 2 is 2.25 bits per heavy atom. The van der Waals surface area contributed by atoms with Crippen LogP contribution in [0.25, 0.3) is 0 Å². The molecule has 1 saturated heterocycles. The van der Waals surface area contributed by atoms with Gasteiger partial charge in [-0.3, -0.25) is 0 Å². The van der Waals surface area contributed by atoms with E-state index in [4.69, 9.17) is 5.11 Å². The van der Waals surface area contributed by atoms with Crippen LogP contribution in [0, 0.1) is 5.82 Å². The molecule has 1 heterocycles. The molecule has 0 aromatic heterocycles. The SMILES string of the molecule is CN(C1CCSC1)S(=O)(=O)c1cc(Br)cc(CO)c1F. The van der Waals surface area contributed by atoms with Gasteiger partial charge in [0.1, 0.15) is 10.7 Å². The van der Waals surface area contributed by atoms with Gasteiger partial charge in [-0.2, -0.15) is 16.1 Å². The standard InChI is InChI=1S/C12H15BrFNO3S2/c1-15(10-2-3-19-7-10)20(17,18)11-5-9(13)4-8(6-16)12(11)14/h4-5,10,16H,2-3,6-7H2,1H3. The van der Waals surface area contributed by atoms with Gasteiger partial charge in [0.05, 0.1) is 6.61 Å². The Kier molecular flexibility index (Phi) is 5.12. The lowest BCUT2D eigenvalue weighted by Crippen LogP contribution is -2.37. The van der Waals surface area contributed by atoms with Gasteiger partial charge in [-0.1, -0.05) is 15.9 Å². The Labute approximate surface area is 130 Å². The number of rotatable bonds is 4. The number of nitrogens with zero attached hydrogens (tertiary/aromatic N) is 1. The molecule has 1 fully saturated rings. The summed E-state index contributed by atoms with van der Waals surface area (Å²) in [6.45, 7) is -0.545. The Balaban J connectivity index is 2.45. The second-order valence-corrected chi connectivity index (χ2v) is 8.61. The minimum Gasteiger partial charge on any atom is -0.392 e. The molecule has 112 valence electrons. The second-order valence-electron chi connectivity index (χ2n) is 4.57. The van der Waals surface area contributed by atoms with E-state index < -0.39 is 27.3 Å². The van der Waals surface area contributed by atoms with E-state index in [0.29, 0.717) is 4.47 Å². The van der Waals surface area contributed by atoms with E-state index in [-0.39, 0.29) is 11.6 Å². The van der Waals surface area contributed by atoms with Gasteiger partial charge in [0, 0.05) is 28.9 Å². The molecule has 0 aliphatic carbocycles. The third kappa shape index (κ3) is 3.04. The van der Waals surface area contributed by atoms with Crippen LogP contribution in [0.2, 0.25) is 0 Å². The van der Waals surface area contributed by atoms with Crippen LogP contribution in [-0.4, -0.2) is 42.4 Å². The van der Waals surface area contributed by atoms with Crippen molar-refractivity contribution in [1.29, 1.82) is 0 Å². The average Bonchev–Trinajstić information content (AvgIpc) is 2.93. The number of benzene rings is 1. The van der Waals surface area contributed by atoms with Crippen molar-refractivity contribution in [2.24, 2.45) is 0 Å². The molecular weight excluding hydrogens is 369 g/mol. The summed E-state index contributed by atoms with van der Waals surface area (Å²) in [5, 5.41) is 9.11. The largest absolute Gasteiger partial charge is 0.392 e. The third-order valence-corrected chi connectivity index (χ3v) is 6.84. The highest BCUT2D eigenvalue weighted by molar-refractivity contribution is 9.10. The quantitative estimate of drug-likeness (QED) is 0.865. The van der Waals surface area contributed by atoms with Gasteiger partial charge >= 0.3 is 0 Å². The van der Waals surface area contributed by atoms with E-state index in [1.807, 2.05) is 0 Å². The first-order valence-electron chi connectivity index (χ1n) is 6.02. The summed E-state index contributed by atoms with van der Waals surface area (Å²) in [5.41, 5.74) is -0.0350. The van der Waals surface area contributed by atoms with Crippen molar-refractivity contribution in [3.63, 3.8) is 0 Å². The van der Waals surface area contributed by atoms with Crippen LogP contribution < -0.4 is 0 Å². The fourth-order valence-electron chi connectivity index (χ4n) is 2.08. The van der Waals surface area contributed by atoms with Gasteiger partial charge in [0.15, 0.2) is 0 Å². The van der Waals surface area contributed by atoms with Crippen LogP contribution in [0.5, 0.6) is 0 Å². The molecule has 1 aromatic carbocycles. The maximum Gasteiger partial charge on any atom is 0.246 e. The summed E-state index contributed by atoms with van der Waals surface area (Å²) in [4.78, 5) is -0.393. The number of aliphatic hydroxyl groups excluding tert-OH is 1. The van der Waals surface area contributed by atoms with Crippen molar-refractivity contribution >= 4 is 37.7 Å². The minimum absolute atomic E-state index is 0.0350. The Morgan fingerprint density at radius 1 is 1.55 bits per heavy atom.